The summed E-state index contributed by atoms with van der Waals surface area (Å²) in [4.78, 5) is 20.6. The molecular formula is C16H17N5O2. The summed E-state index contributed by atoms with van der Waals surface area (Å²) in [6.45, 7) is 3.14. The first-order chi connectivity index (χ1) is 11.2. The number of benzene rings is 1. The molecular weight excluding hydrogens is 294 g/mol. The van der Waals surface area contributed by atoms with E-state index in [-0.39, 0.29) is 5.69 Å². The van der Waals surface area contributed by atoms with Crippen LogP contribution < -0.4 is 5.32 Å². The first-order valence-electron chi connectivity index (χ1n) is 7.70. The number of likely N-dealkylation sites (tertiary alicyclic amines) is 1. The predicted molar refractivity (Wildman–Crippen MR) is 84.8 cm³/mol. The van der Waals surface area contributed by atoms with Crippen molar-refractivity contribution in [1.29, 1.82) is 0 Å². The molecule has 0 radical (unpaired) electrons. The van der Waals surface area contributed by atoms with Crippen molar-refractivity contribution in [3.8, 4) is 0 Å². The zero-order valence-corrected chi connectivity index (χ0v) is 12.5. The molecule has 1 aromatic carbocycles. The van der Waals surface area contributed by atoms with E-state index < -0.39 is 4.92 Å². The Morgan fingerprint density at radius 3 is 2.43 bits per heavy atom. The zero-order valence-electron chi connectivity index (χ0n) is 12.5. The fraction of sp³-hybridized carbons (Fsp3) is 0.375. The topological polar surface area (TPSA) is 84.2 Å². The summed E-state index contributed by atoms with van der Waals surface area (Å²) in [5.74, 6) is 1.72. The molecule has 7 heteroatoms. The fourth-order valence-corrected chi connectivity index (χ4v) is 3.44. The van der Waals surface area contributed by atoms with Gasteiger partial charge in [0, 0.05) is 25.7 Å². The number of aromatic nitrogens is 2. The van der Waals surface area contributed by atoms with Gasteiger partial charge in [-0.05, 0) is 17.4 Å². The lowest BCUT2D eigenvalue weighted by molar-refractivity contribution is -0.385. The van der Waals surface area contributed by atoms with Crippen LogP contribution in [0.5, 0.6) is 0 Å². The van der Waals surface area contributed by atoms with E-state index in [1.165, 1.54) is 18.0 Å². The minimum atomic E-state index is -0.489. The Hall–Kier alpha value is -2.54. The molecule has 1 aromatic heterocycles. The average Bonchev–Trinajstić information content (AvgIpc) is 3.01. The monoisotopic (exact) mass is 311 g/mol. The van der Waals surface area contributed by atoms with Crippen molar-refractivity contribution < 1.29 is 4.92 Å². The Kier molecular flexibility index (Phi) is 3.42. The lowest BCUT2D eigenvalue weighted by Gasteiger charge is -2.19. The van der Waals surface area contributed by atoms with Gasteiger partial charge in [-0.1, -0.05) is 30.3 Å². The Balaban J connectivity index is 1.30. The first-order valence-corrected chi connectivity index (χ1v) is 7.70. The largest absolute Gasteiger partial charge is 0.351 e. The summed E-state index contributed by atoms with van der Waals surface area (Å²) in [6, 6.07) is 10.9. The Morgan fingerprint density at radius 1 is 1.17 bits per heavy atom. The van der Waals surface area contributed by atoms with E-state index in [1.54, 1.807) is 0 Å². The van der Waals surface area contributed by atoms with Crippen molar-refractivity contribution in [1.82, 2.24) is 14.9 Å². The van der Waals surface area contributed by atoms with Crippen LogP contribution in [0.15, 0.2) is 42.7 Å². The van der Waals surface area contributed by atoms with Gasteiger partial charge in [0.15, 0.2) is 0 Å². The second-order valence-corrected chi connectivity index (χ2v) is 6.20. The van der Waals surface area contributed by atoms with Gasteiger partial charge < -0.3 is 5.32 Å². The predicted octanol–water partition coefficient (Wildman–Crippen LogP) is 1.93. The second-order valence-electron chi connectivity index (χ2n) is 6.20. The lowest BCUT2D eigenvalue weighted by Crippen LogP contribution is -2.27. The molecule has 1 unspecified atom stereocenters. The summed E-state index contributed by atoms with van der Waals surface area (Å²) < 4.78 is 0. The molecule has 23 heavy (non-hydrogen) atoms. The van der Waals surface area contributed by atoms with Crippen LogP contribution in [0.3, 0.4) is 0 Å². The van der Waals surface area contributed by atoms with Crippen LogP contribution >= 0.6 is 0 Å². The Morgan fingerprint density at radius 2 is 1.83 bits per heavy atom. The van der Waals surface area contributed by atoms with E-state index in [4.69, 9.17) is 0 Å². The van der Waals surface area contributed by atoms with Crippen LogP contribution in [0.1, 0.15) is 5.56 Å². The molecule has 0 spiro atoms. The minimum absolute atomic E-state index is 0.0828. The van der Waals surface area contributed by atoms with Crippen LogP contribution in [-0.4, -0.2) is 38.9 Å². The van der Waals surface area contributed by atoms with Crippen molar-refractivity contribution in [2.24, 2.45) is 11.8 Å². The molecule has 2 fully saturated rings. The molecule has 1 aliphatic carbocycles. The maximum atomic E-state index is 10.6. The highest BCUT2D eigenvalue weighted by Crippen LogP contribution is 2.47. The highest BCUT2D eigenvalue weighted by atomic mass is 16.6. The van der Waals surface area contributed by atoms with Gasteiger partial charge in [0.2, 0.25) is 5.95 Å². The highest BCUT2D eigenvalue weighted by molar-refractivity contribution is 5.35. The van der Waals surface area contributed by atoms with E-state index in [2.05, 4.69) is 44.5 Å². The van der Waals surface area contributed by atoms with Crippen molar-refractivity contribution in [3.05, 3.63) is 58.4 Å². The lowest BCUT2D eigenvalue weighted by atomic mass is 10.2. The van der Waals surface area contributed by atoms with Crippen LogP contribution in [0.2, 0.25) is 0 Å². The van der Waals surface area contributed by atoms with Gasteiger partial charge in [0.1, 0.15) is 12.4 Å². The van der Waals surface area contributed by atoms with Gasteiger partial charge in [-0.2, -0.15) is 0 Å². The van der Waals surface area contributed by atoms with Crippen LogP contribution in [0, 0.1) is 22.0 Å². The molecule has 1 aliphatic heterocycles. The number of hydrogen-bond acceptors (Lipinski definition) is 6. The van der Waals surface area contributed by atoms with Crippen LogP contribution in [-0.2, 0) is 6.54 Å². The third-order valence-corrected chi connectivity index (χ3v) is 4.66. The zero-order chi connectivity index (χ0) is 15.8. The summed E-state index contributed by atoms with van der Waals surface area (Å²) in [5.41, 5.74) is 1.26. The molecule has 4 rings (SSSR count). The van der Waals surface area contributed by atoms with E-state index in [0.717, 1.165) is 19.6 Å². The number of piperidine rings is 1. The van der Waals surface area contributed by atoms with Gasteiger partial charge in [-0.25, -0.2) is 9.97 Å². The molecule has 2 aliphatic rings. The summed E-state index contributed by atoms with van der Waals surface area (Å²) in [5, 5.41) is 13.9. The van der Waals surface area contributed by atoms with E-state index >= 15 is 0 Å². The summed E-state index contributed by atoms with van der Waals surface area (Å²) >= 11 is 0. The molecule has 1 saturated heterocycles. The summed E-state index contributed by atoms with van der Waals surface area (Å²) in [6.07, 6.45) is 2.49. The number of hydrogen-bond donors (Lipinski definition) is 1. The van der Waals surface area contributed by atoms with E-state index in [0.29, 0.717) is 23.8 Å². The SMILES string of the molecule is O=[N+]([O-])c1cnc(NC2[C@H]3CN(Cc4ccccc4)C[C@@H]23)nc1. The number of nitrogens with one attached hydrogen (secondary N) is 1. The quantitative estimate of drug-likeness (QED) is 0.671. The van der Waals surface area contributed by atoms with Crippen LogP contribution in [0.4, 0.5) is 11.6 Å². The molecule has 3 atom stereocenters. The maximum absolute atomic E-state index is 10.6. The van der Waals surface area contributed by atoms with Crippen molar-refractivity contribution in [2.75, 3.05) is 18.4 Å². The second kappa shape index (κ2) is 5.58. The minimum Gasteiger partial charge on any atom is -0.351 e. The smallest absolute Gasteiger partial charge is 0.305 e. The fourth-order valence-electron chi connectivity index (χ4n) is 3.44. The highest BCUT2D eigenvalue weighted by Gasteiger charge is 2.55. The molecule has 1 saturated carbocycles. The number of nitrogens with zero attached hydrogens (tertiary/aromatic N) is 4. The molecule has 2 heterocycles. The average molecular weight is 311 g/mol. The molecule has 118 valence electrons. The third kappa shape index (κ3) is 2.87. The van der Waals surface area contributed by atoms with Crippen LogP contribution in [0.25, 0.3) is 0 Å². The third-order valence-electron chi connectivity index (χ3n) is 4.66. The Bertz CT molecular complexity index is 694. The maximum Gasteiger partial charge on any atom is 0.305 e. The van der Waals surface area contributed by atoms with Gasteiger partial charge >= 0.3 is 5.69 Å². The van der Waals surface area contributed by atoms with E-state index in [9.17, 15) is 10.1 Å². The molecule has 1 N–H and O–H groups in total. The number of nitro groups is 1. The Labute approximate surface area is 133 Å². The van der Waals surface area contributed by atoms with E-state index in [1.807, 2.05) is 6.07 Å². The van der Waals surface area contributed by atoms with Gasteiger partial charge in [-0.15, -0.1) is 0 Å². The van der Waals surface area contributed by atoms with Crippen molar-refractivity contribution in [3.63, 3.8) is 0 Å². The number of fused-ring (bicyclic) bond motifs is 1. The molecule has 0 amide bonds. The molecule has 2 aromatic rings. The van der Waals surface area contributed by atoms with Gasteiger partial charge in [0.25, 0.3) is 0 Å². The van der Waals surface area contributed by atoms with Crippen molar-refractivity contribution >= 4 is 11.6 Å². The normalized spacial score (nSPS) is 25.8. The number of anilines is 1. The summed E-state index contributed by atoms with van der Waals surface area (Å²) in [7, 11) is 0. The standard InChI is InChI=1S/C16H17N5O2/c22-21(23)12-6-17-16(18-7-12)19-15-13-9-20(10-14(13)15)8-11-4-2-1-3-5-11/h1-7,13-15H,8-10H2,(H,17,18,19)/t13-,14+,15?. The van der Waals surface area contributed by atoms with Gasteiger partial charge in [0.05, 0.1) is 4.92 Å². The van der Waals surface area contributed by atoms with Gasteiger partial charge in [-0.3, -0.25) is 15.0 Å². The molecule has 7 nitrogen and oxygen atoms in total. The first kappa shape index (κ1) is 14.1. The number of rotatable bonds is 5. The van der Waals surface area contributed by atoms with Crippen molar-refractivity contribution in [2.45, 2.75) is 12.6 Å². The molecule has 0 bridgehead atoms.